The molecule has 1 N–H and O–H groups in total. The second kappa shape index (κ2) is 5.49. The molecule has 2 rings (SSSR count). The number of methoxy groups -OCH3 is 1. The highest BCUT2D eigenvalue weighted by atomic mass is 32.1. The highest BCUT2D eigenvalue weighted by molar-refractivity contribution is 7.13. The Bertz CT molecular complexity index is 624. The fourth-order valence-corrected chi connectivity index (χ4v) is 2.15. The number of rotatable bonds is 4. The van der Waals surface area contributed by atoms with Crippen LogP contribution in [0.2, 0.25) is 0 Å². The predicted octanol–water partition coefficient (Wildman–Crippen LogP) is 2.92. The number of benzene rings is 1. The summed E-state index contributed by atoms with van der Waals surface area (Å²) in [6.45, 7) is 0. The smallest absolute Gasteiger partial charge is 0.324 e. The summed E-state index contributed by atoms with van der Waals surface area (Å²) in [5.74, 6) is 0.228. The summed E-state index contributed by atoms with van der Waals surface area (Å²) >= 11 is 0.920. The van der Waals surface area contributed by atoms with Crippen LogP contribution in [0, 0.1) is 10.1 Å². The summed E-state index contributed by atoms with van der Waals surface area (Å²) in [6, 6.07) is 8.12. The van der Waals surface area contributed by atoms with Crippen molar-refractivity contribution in [1.82, 2.24) is 0 Å². The molecule has 1 amide bonds. The van der Waals surface area contributed by atoms with Crippen molar-refractivity contribution in [3.8, 4) is 5.75 Å². The summed E-state index contributed by atoms with van der Waals surface area (Å²) in [5.41, 5.74) is 0.831. The van der Waals surface area contributed by atoms with Crippen molar-refractivity contribution in [2.75, 3.05) is 12.4 Å². The molecule has 0 aliphatic carbocycles. The number of hydrogen-bond donors (Lipinski definition) is 1. The number of hydrogen-bond acceptors (Lipinski definition) is 5. The maximum atomic E-state index is 11.9. The van der Waals surface area contributed by atoms with Gasteiger partial charge in [0.25, 0.3) is 5.91 Å². The van der Waals surface area contributed by atoms with Crippen molar-refractivity contribution in [1.29, 1.82) is 0 Å². The molecule has 0 spiro atoms. The Hall–Kier alpha value is -2.41. The first-order valence-corrected chi connectivity index (χ1v) is 6.16. The molecule has 0 radical (unpaired) electrons. The minimum atomic E-state index is -0.521. The molecular weight excluding hydrogens is 268 g/mol. The maximum absolute atomic E-state index is 11.9. The van der Waals surface area contributed by atoms with Gasteiger partial charge >= 0.3 is 5.00 Å². The summed E-state index contributed by atoms with van der Waals surface area (Å²) < 4.78 is 5.04. The average molecular weight is 278 g/mol. The number of ether oxygens (including phenoxy) is 1. The number of amides is 1. The van der Waals surface area contributed by atoms with E-state index >= 15 is 0 Å². The highest BCUT2D eigenvalue weighted by Gasteiger charge is 2.15. The van der Waals surface area contributed by atoms with E-state index in [0.29, 0.717) is 11.4 Å². The van der Waals surface area contributed by atoms with Crippen LogP contribution in [0.15, 0.2) is 35.7 Å². The second-order valence-corrected chi connectivity index (χ2v) is 4.51. The molecule has 6 nitrogen and oxygen atoms in total. The van der Waals surface area contributed by atoms with Crippen molar-refractivity contribution < 1.29 is 14.5 Å². The molecule has 0 bridgehead atoms. The van der Waals surface area contributed by atoms with Gasteiger partial charge < -0.3 is 10.1 Å². The molecule has 7 heteroatoms. The topological polar surface area (TPSA) is 81.5 Å². The third-order valence-corrected chi connectivity index (χ3v) is 3.24. The summed E-state index contributed by atoms with van der Waals surface area (Å²) in [4.78, 5) is 21.9. The van der Waals surface area contributed by atoms with Crippen molar-refractivity contribution in [2.24, 2.45) is 0 Å². The second-order valence-electron chi connectivity index (χ2n) is 3.62. The molecule has 0 saturated carbocycles. The fourth-order valence-electron chi connectivity index (χ4n) is 1.44. The van der Waals surface area contributed by atoms with Crippen LogP contribution in [0.3, 0.4) is 0 Å². The van der Waals surface area contributed by atoms with Crippen LogP contribution in [-0.2, 0) is 0 Å². The zero-order valence-corrected chi connectivity index (χ0v) is 10.8. The van der Waals surface area contributed by atoms with E-state index in [9.17, 15) is 14.9 Å². The zero-order valence-electron chi connectivity index (χ0n) is 9.95. The van der Waals surface area contributed by atoms with Crippen LogP contribution in [0.25, 0.3) is 0 Å². The summed E-state index contributed by atoms with van der Waals surface area (Å²) in [6.07, 6.45) is 0. The third-order valence-electron chi connectivity index (χ3n) is 2.36. The predicted molar refractivity (Wildman–Crippen MR) is 71.9 cm³/mol. The Labute approximate surface area is 112 Å². The Kier molecular flexibility index (Phi) is 3.76. The van der Waals surface area contributed by atoms with E-state index in [2.05, 4.69) is 5.32 Å². The minimum Gasteiger partial charge on any atom is -0.497 e. The summed E-state index contributed by atoms with van der Waals surface area (Å²) in [5, 5.41) is 14.6. The molecule has 19 heavy (non-hydrogen) atoms. The molecule has 1 aromatic heterocycles. The monoisotopic (exact) mass is 278 g/mol. The lowest BCUT2D eigenvalue weighted by molar-refractivity contribution is -0.380. The van der Waals surface area contributed by atoms with Gasteiger partial charge in [0.2, 0.25) is 0 Å². The lowest BCUT2D eigenvalue weighted by Gasteiger charge is -2.05. The van der Waals surface area contributed by atoms with E-state index in [1.807, 2.05) is 0 Å². The van der Waals surface area contributed by atoms with Gasteiger partial charge in [-0.25, -0.2) is 0 Å². The minimum absolute atomic E-state index is 0.0595. The quantitative estimate of drug-likeness (QED) is 0.688. The van der Waals surface area contributed by atoms with Gasteiger partial charge in [-0.15, -0.1) is 0 Å². The van der Waals surface area contributed by atoms with Gasteiger partial charge in [0.15, 0.2) is 0 Å². The number of thiophene rings is 1. The van der Waals surface area contributed by atoms with Crippen LogP contribution in [0.5, 0.6) is 5.75 Å². The fraction of sp³-hybridized carbons (Fsp3) is 0.0833. The molecule has 0 saturated heterocycles. The Morgan fingerprint density at radius 3 is 2.84 bits per heavy atom. The van der Waals surface area contributed by atoms with E-state index in [4.69, 9.17) is 4.74 Å². The molecule has 1 aromatic carbocycles. The first-order chi connectivity index (χ1) is 9.10. The zero-order chi connectivity index (χ0) is 13.8. The van der Waals surface area contributed by atoms with Gasteiger partial charge in [0, 0.05) is 23.2 Å². The highest BCUT2D eigenvalue weighted by Crippen LogP contribution is 2.24. The Morgan fingerprint density at radius 1 is 1.42 bits per heavy atom. The van der Waals surface area contributed by atoms with Crippen LogP contribution >= 0.6 is 11.3 Å². The number of nitro groups is 1. The Morgan fingerprint density at radius 2 is 2.21 bits per heavy atom. The van der Waals surface area contributed by atoms with E-state index in [1.54, 1.807) is 24.3 Å². The molecule has 0 aliphatic rings. The molecular formula is C12H10N2O4S. The SMILES string of the molecule is COc1cccc(NC(=O)c2csc([N+](=O)[O-])c2)c1. The normalized spacial score (nSPS) is 9.95. The van der Waals surface area contributed by atoms with Crippen molar-refractivity contribution >= 4 is 27.9 Å². The molecule has 0 unspecified atom stereocenters. The Balaban J connectivity index is 2.13. The first-order valence-electron chi connectivity index (χ1n) is 5.28. The maximum Gasteiger partial charge on any atom is 0.324 e. The van der Waals surface area contributed by atoms with Crippen molar-refractivity contribution in [3.05, 3.63) is 51.4 Å². The van der Waals surface area contributed by atoms with Gasteiger partial charge in [-0.3, -0.25) is 14.9 Å². The number of carbonyl (C=O) groups is 1. The molecule has 0 fully saturated rings. The van der Waals surface area contributed by atoms with Gasteiger partial charge in [-0.2, -0.15) is 0 Å². The number of nitrogens with zero attached hydrogens (tertiary/aromatic N) is 1. The third kappa shape index (κ3) is 3.08. The average Bonchev–Trinajstić information content (AvgIpc) is 2.89. The molecule has 2 aromatic rings. The van der Waals surface area contributed by atoms with Gasteiger partial charge in [-0.05, 0) is 12.1 Å². The van der Waals surface area contributed by atoms with Crippen molar-refractivity contribution in [3.63, 3.8) is 0 Å². The van der Waals surface area contributed by atoms with E-state index < -0.39 is 10.8 Å². The molecule has 0 aliphatic heterocycles. The number of anilines is 1. The van der Waals surface area contributed by atoms with Crippen LogP contribution in [0.4, 0.5) is 10.7 Å². The van der Waals surface area contributed by atoms with Gasteiger partial charge in [0.05, 0.1) is 17.6 Å². The van der Waals surface area contributed by atoms with E-state index in [1.165, 1.54) is 18.6 Å². The first kappa shape index (κ1) is 13.0. The standard InChI is InChI=1S/C12H10N2O4S/c1-18-10-4-2-3-9(6-10)13-12(15)8-5-11(14(16)17)19-7-8/h2-7H,1H3,(H,13,15). The lowest BCUT2D eigenvalue weighted by Crippen LogP contribution is -2.10. The molecule has 1 heterocycles. The van der Waals surface area contributed by atoms with Crippen LogP contribution in [0.1, 0.15) is 10.4 Å². The van der Waals surface area contributed by atoms with Crippen LogP contribution in [-0.4, -0.2) is 17.9 Å². The van der Waals surface area contributed by atoms with Crippen molar-refractivity contribution in [2.45, 2.75) is 0 Å². The summed E-state index contributed by atoms with van der Waals surface area (Å²) in [7, 11) is 1.53. The van der Waals surface area contributed by atoms with E-state index in [-0.39, 0.29) is 10.6 Å². The molecule has 98 valence electrons. The van der Waals surface area contributed by atoms with Crippen LogP contribution < -0.4 is 10.1 Å². The molecule has 0 atom stereocenters. The number of carbonyl (C=O) groups excluding carboxylic acids is 1. The lowest BCUT2D eigenvalue weighted by atomic mass is 10.2. The number of nitrogens with one attached hydrogen (secondary N) is 1. The van der Waals surface area contributed by atoms with Gasteiger partial charge in [-0.1, -0.05) is 17.4 Å². The largest absolute Gasteiger partial charge is 0.497 e. The van der Waals surface area contributed by atoms with E-state index in [0.717, 1.165) is 11.3 Å². The van der Waals surface area contributed by atoms with Gasteiger partial charge in [0.1, 0.15) is 5.75 Å².